The molecule has 166 valence electrons. The summed E-state index contributed by atoms with van der Waals surface area (Å²) in [5, 5.41) is 11.1. The van der Waals surface area contributed by atoms with Gasteiger partial charge in [-0.3, -0.25) is 19.7 Å². The van der Waals surface area contributed by atoms with Crippen LogP contribution in [0.2, 0.25) is 0 Å². The third-order valence-corrected chi connectivity index (χ3v) is 5.91. The van der Waals surface area contributed by atoms with Gasteiger partial charge < -0.3 is 9.64 Å². The molecule has 2 heterocycles. The van der Waals surface area contributed by atoms with E-state index in [0.29, 0.717) is 48.3 Å². The lowest BCUT2D eigenvalue weighted by molar-refractivity contribution is -0.384. The van der Waals surface area contributed by atoms with E-state index in [-0.39, 0.29) is 17.2 Å². The Morgan fingerprint density at radius 1 is 1.06 bits per heavy atom. The largest absolute Gasteiger partial charge is 0.494 e. The molecule has 0 aromatic heterocycles. The van der Waals surface area contributed by atoms with Crippen LogP contribution < -0.4 is 9.64 Å². The van der Waals surface area contributed by atoms with Gasteiger partial charge in [-0.25, -0.2) is 4.90 Å². The number of hydrogen-bond donors (Lipinski definition) is 0. The number of hydrogen-bond acceptors (Lipinski definition) is 6. The van der Waals surface area contributed by atoms with Crippen LogP contribution >= 0.6 is 0 Å². The monoisotopic (exact) mass is 435 g/mol. The molecule has 2 aliphatic rings. The highest BCUT2D eigenvalue weighted by molar-refractivity contribution is 6.45. The van der Waals surface area contributed by atoms with E-state index < -0.39 is 10.8 Å². The zero-order valence-electron chi connectivity index (χ0n) is 18.1. The van der Waals surface area contributed by atoms with Crippen molar-refractivity contribution in [2.45, 2.75) is 26.7 Å². The van der Waals surface area contributed by atoms with Crippen molar-refractivity contribution in [2.75, 3.05) is 24.6 Å². The summed E-state index contributed by atoms with van der Waals surface area (Å²) in [5.74, 6) is 0.307. The minimum Gasteiger partial charge on any atom is -0.494 e. The lowest BCUT2D eigenvalue weighted by Crippen LogP contribution is -2.38. The van der Waals surface area contributed by atoms with Crippen LogP contribution in [0.15, 0.2) is 54.2 Å². The van der Waals surface area contributed by atoms with Crippen molar-refractivity contribution in [1.82, 2.24) is 4.90 Å². The Bertz CT molecular complexity index is 1090. The molecule has 32 heavy (non-hydrogen) atoms. The van der Waals surface area contributed by atoms with E-state index in [1.807, 2.05) is 11.8 Å². The molecule has 0 spiro atoms. The maximum absolute atomic E-state index is 13.6. The molecule has 2 aliphatic heterocycles. The maximum atomic E-state index is 13.6. The van der Waals surface area contributed by atoms with E-state index in [9.17, 15) is 19.7 Å². The topological polar surface area (TPSA) is 93.0 Å². The highest BCUT2D eigenvalue weighted by Gasteiger charge is 2.43. The second-order valence-corrected chi connectivity index (χ2v) is 8.07. The van der Waals surface area contributed by atoms with Crippen LogP contribution in [0.4, 0.5) is 11.4 Å². The lowest BCUT2D eigenvalue weighted by atomic mass is 9.97. The van der Waals surface area contributed by atoms with Gasteiger partial charge in [0.25, 0.3) is 17.5 Å². The van der Waals surface area contributed by atoms with Gasteiger partial charge in [0.1, 0.15) is 11.4 Å². The first-order valence-electron chi connectivity index (χ1n) is 10.8. The quantitative estimate of drug-likeness (QED) is 0.387. The zero-order valence-corrected chi connectivity index (χ0v) is 18.1. The molecule has 0 unspecified atom stereocenters. The van der Waals surface area contributed by atoms with Crippen LogP contribution in [0.3, 0.4) is 0 Å². The van der Waals surface area contributed by atoms with Crippen LogP contribution in [0, 0.1) is 16.0 Å². The van der Waals surface area contributed by atoms with E-state index in [4.69, 9.17) is 4.74 Å². The zero-order chi connectivity index (χ0) is 22.8. The molecule has 0 bridgehead atoms. The van der Waals surface area contributed by atoms with Gasteiger partial charge in [-0.15, -0.1) is 0 Å². The molecular formula is C24H25N3O5. The Morgan fingerprint density at radius 3 is 2.38 bits per heavy atom. The summed E-state index contributed by atoms with van der Waals surface area (Å²) in [7, 11) is 0. The van der Waals surface area contributed by atoms with Gasteiger partial charge >= 0.3 is 0 Å². The third kappa shape index (κ3) is 3.95. The number of nitrogens with zero attached hydrogens (tertiary/aromatic N) is 3. The Kier molecular flexibility index (Phi) is 5.94. The number of ether oxygens (including phenoxy) is 1. The number of benzene rings is 2. The van der Waals surface area contributed by atoms with Crippen molar-refractivity contribution in [3.63, 3.8) is 0 Å². The van der Waals surface area contributed by atoms with Crippen LogP contribution in [-0.4, -0.2) is 41.3 Å². The van der Waals surface area contributed by atoms with Gasteiger partial charge in [-0.05, 0) is 55.5 Å². The Balaban J connectivity index is 1.78. The van der Waals surface area contributed by atoms with Crippen molar-refractivity contribution in [3.05, 3.63) is 69.9 Å². The van der Waals surface area contributed by atoms with Gasteiger partial charge in [0.2, 0.25) is 0 Å². The highest BCUT2D eigenvalue weighted by atomic mass is 16.6. The number of nitro benzene ring substituents is 1. The number of nitro groups is 1. The second kappa shape index (κ2) is 8.82. The standard InChI is InChI=1S/C24H25N3O5/c1-3-32-20-6-4-5-19(15-20)26-23(28)21(17-7-9-18(10-8-17)27(30)31)22(24(26)29)25-13-11-16(2)12-14-25/h4-10,15-16H,3,11-14H2,1-2H3. The van der Waals surface area contributed by atoms with Gasteiger partial charge in [0, 0.05) is 31.3 Å². The summed E-state index contributed by atoms with van der Waals surface area (Å²) in [6.07, 6.45) is 1.86. The van der Waals surface area contributed by atoms with E-state index >= 15 is 0 Å². The Labute approximate surface area is 186 Å². The van der Waals surface area contributed by atoms with Crippen LogP contribution in [0.5, 0.6) is 5.75 Å². The fourth-order valence-electron chi connectivity index (χ4n) is 4.17. The summed E-state index contributed by atoms with van der Waals surface area (Å²) in [6, 6.07) is 12.7. The summed E-state index contributed by atoms with van der Waals surface area (Å²) in [5.41, 5.74) is 1.50. The molecule has 2 amide bonds. The van der Waals surface area contributed by atoms with Crippen LogP contribution in [0.1, 0.15) is 32.3 Å². The van der Waals surface area contributed by atoms with Crippen LogP contribution in [-0.2, 0) is 9.59 Å². The van der Waals surface area contributed by atoms with Gasteiger partial charge in [-0.1, -0.05) is 13.0 Å². The number of carbonyl (C=O) groups is 2. The highest BCUT2D eigenvalue weighted by Crippen LogP contribution is 2.37. The summed E-state index contributed by atoms with van der Waals surface area (Å²) in [4.78, 5) is 40.9. The van der Waals surface area contributed by atoms with Crippen molar-refractivity contribution in [3.8, 4) is 5.75 Å². The third-order valence-electron chi connectivity index (χ3n) is 5.91. The van der Waals surface area contributed by atoms with E-state index in [1.54, 1.807) is 24.3 Å². The molecule has 8 heteroatoms. The average Bonchev–Trinajstić information content (AvgIpc) is 3.05. The first-order valence-corrected chi connectivity index (χ1v) is 10.8. The van der Waals surface area contributed by atoms with Gasteiger partial charge in [-0.2, -0.15) is 0 Å². The molecule has 0 radical (unpaired) electrons. The molecule has 0 atom stereocenters. The summed E-state index contributed by atoms with van der Waals surface area (Å²) >= 11 is 0. The molecule has 2 aromatic carbocycles. The SMILES string of the molecule is CCOc1cccc(N2C(=O)C(c3ccc([N+](=O)[O-])cc3)=C(N3CCC(C)CC3)C2=O)c1. The summed E-state index contributed by atoms with van der Waals surface area (Å²) in [6.45, 7) is 5.87. The molecule has 1 saturated heterocycles. The lowest BCUT2D eigenvalue weighted by Gasteiger charge is -2.32. The van der Waals surface area contributed by atoms with E-state index in [2.05, 4.69) is 6.92 Å². The molecule has 0 aliphatic carbocycles. The number of imide groups is 1. The van der Waals surface area contributed by atoms with Crippen molar-refractivity contribution in [2.24, 2.45) is 5.92 Å². The van der Waals surface area contributed by atoms with Crippen molar-refractivity contribution in [1.29, 1.82) is 0 Å². The number of likely N-dealkylation sites (tertiary alicyclic amines) is 1. The molecule has 4 rings (SSSR count). The predicted molar refractivity (Wildman–Crippen MR) is 120 cm³/mol. The molecule has 1 fully saturated rings. The fourth-order valence-corrected chi connectivity index (χ4v) is 4.17. The molecule has 8 nitrogen and oxygen atoms in total. The molecule has 0 N–H and O–H groups in total. The first kappa shape index (κ1) is 21.5. The Hall–Kier alpha value is -3.68. The minimum atomic E-state index is -0.488. The second-order valence-electron chi connectivity index (χ2n) is 8.07. The van der Waals surface area contributed by atoms with E-state index in [0.717, 1.165) is 12.8 Å². The average molecular weight is 435 g/mol. The Morgan fingerprint density at radius 2 is 1.75 bits per heavy atom. The van der Waals surface area contributed by atoms with Gasteiger partial charge in [0.05, 0.1) is 22.8 Å². The van der Waals surface area contributed by atoms with E-state index in [1.165, 1.54) is 29.2 Å². The number of piperidine rings is 1. The molecule has 0 saturated carbocycles. The molecular weight excluding hydrogens is 410 g/mol. The van der Waals surface area contributed by atoms with Gasteiger partial charge in [0.15, 0.2) is 0 Å². The fraction of sp³-hybridized carbons (Fsp3) is 0.333. The smallest absolute Gasteiger partial charge is 0.282 e. The number of carbonyl (C=O) groups excluding carboxylic acids is 2. The number of anilines is 1. The van der Waals surface area contributed by atoms with Crippen molar-refractivity contribution >= 4 is 28.8 Å². The first-order chi connectivity index (χ1) is 15.4. The van der Waals surface area contributed by atoms with Crippen LogP contribution in [0.25, 0.3) is 5.57 Å². The normalized spacial score (nSPS) is 17.3. The molecule has 2 aromatic rings. The minimum absolute atomic E-state index is 0.0688. The number of rotatable bonds is 6. The van der Waals surface area contributed by atoms with Crippen molar-refractivity contribution < 1.29 is 19.2 Å². The predicted octanol–water partition coefficient (Wildman–Crippen LogP) is 4.01. The number of amides is 2. The summed E-state index contributed by atoms with van der Waals surface area (Å²) < 4.78 is 5.54. The maximum Gasteiger partial charge on any atom is 0.282 e. The number of non-ortho nitro benzene ring substituents is 1.